The molecule has 1 aliphatic rings. The van der Waals surface area contributed by atoms with E-state index in [9.17, 15) is 13.2 Å². The standard InChI is InChI=1S/C20H23ClN2O5S/c1-14-4-3-5-15(2)20(14)28-13-19(24)22-18-12-16(6-7-17(18)21)29(25,26)23-8-10-27-11-9-23/h3-7,12H,8-11,13H2,1-2H3,(H,22,24). The molecule has 0 aliphatic carbocycles. The summed E-state index contributed by atoms with van der Waals surface area (Å²) in [6.07, 6.45) is 0. The number of amides is 1. The Morgan fingerprint density at radius 3 is 2.48 bits per heavy atom. The van der Waals surface area contributed by atoms with E-state index in [0.717, 1.165) is 11.1 Å². The van der Waals surface area contributed by atoms with Gasteiger partial charge in [0, 0.05) is 13.1 Å². The summed E-state index contributed by atoms with van der Waals surface area (Å²) in [5.41, 5.74) is 2.07. The molecule has 0 radical (unpaired) electrons. The average molecular weight is 439 g/mol. The van der Waals surface area contributed by atoms with Gasteiger partial charge in [0.25, 0.3) is 5.91 Å². The molecule has 1 N–H and O–H groups in total. The van der Waals surface area contributed by atoms with Gasteiger partial charge in [0.2, 0.25) is 10.0 Å². The van der Waals surface area contributed by atoms with Crippen LogP contribution in [0, 0.1) is 13.8 Å². The summed E-state index contributed by atoms with van der Waals surface area (Å²) < 4.78 is 37.8. The van der Waals surface area contributed by atoms with E-state index in [1.54, 1.807) is 0 Å². The summed E-state index contributed by atoms with van der Waals surface area (Å²) in [6.45, 7) is 4.86. The number of hydrogen-bond donors (Lipinski definition) is 1. The van der Waals surface area contributed by atoms with Crippen LogP contribution in [0.25, 0.3) is 0 Å². The van der Waals surface area contributed by atoms with Gasteiger partial charge in [-0.05, 0) is 43.2 Å². The number of morpholine rings is 1. The van der Waals surface area contributed by atoms with Crippen molar-refractivity contribution in [2.75, 3.05) is 38.2 Å². The highest BCUT2D eigenvalue weighted by atomic mass is 35.5. The second-order valence-corrected chi connectivity index (χ2v) is 9.06. The second kappa shape index (κ2) is 9.13. The number of ether oxygens (including phenoxy) is 2. The van der Waals surface area contributed by atoms with Crippen LogP contribution >= 0.6 is 11.6 Å². The van der Waals surface area contributed by atoms with Crippen LogP contribution in [0.3, 0.4) is 0 Å². The Morgan fingerprint density at radius 1 is 1.17 bits per heavy atom. The highest BCUT2D eigenvalue weighted by molar-refractivity contribution is 7.89. The van der Waals surface area contributed by atoms with Gasteiger partial charge < -0.3 is 14.8 Å². The summed E-state index contributed by atoms with van der Waals surface area (Å²) in [5.74, 6) is 0.216. The number of carbonyl (C=O) groups excluding carboxylic acids is 1. The zero-order chi connectivity index (χ0) is 21.0. The molecular formula is C20H23ClN2O5S. The molecule has 1 heterocycles. The largest absolute Gasteiger partial charge is 0.483 e. The lowest BCUT2D eigenvalue weighted by molar-refractivity contribution is -0.118. The summed E-state index contributed by atoms with van der Waals surface area (Å²) in [5, 5.41) is 2.87. The highest BCUT2D eigenvalue weighted by Crippen LogP contribution is 2.28. The summed E-state index contributed by atoms with van der Waals surface area (Å²) in [7, 11) is -3.69. The molecule has 2 aromatic carbocycles. The van der Waals surface area contributed by atoms with E-state index in [2.05, 4.69) is 5.32 Å². The monoisotopic (exact) mass is 438 g/mol. The Kier molecular flexibility index (Phi) is 6.79. The van der Waals surface area contributed by atoms with E-state index in [1.807, 2.05) is 32.0 Å². The van der Waals surface area contributed by atoms with Gasteiger partial charge in [-0.2, -0.15) is 4.31 Å². The number of rotatable bonds is 6. The van der Waals surface area contributed by atoms with Gasteiger partial charge in [-0.15, -0.1) is 0 Å². The van der Waals surface area contributed by atoms with Crippen molar-refractivity contribution in [2.24, 2.45) is 0 Å². The van der Waals surface area contributed by atoms with Crippen LogP contribution in [0.15, 0.2) is 41.3 Å². The van der Waals surface area contributed by atoms with Gasteiger partial charge in [0.05, 0.1) is 28.8 Å². The van der Waals surface area contributed by atoms with Gasteiger partial charge in [-0.25, -0.2) is 8.42 Å². The van der Waals surface area contributed by atoms with Gasteiger partial charge in [-0.1, -0.05) is 29.8 Å². The van der Waals surface area contributed by atoms with E-state index in [1.165, 1.54) is 22.5 Å². The molecule has 1 amide bonds. The van der Waals surface area contributed by atoms with Crippen LogP contribution in [0.1, 0.15) is 11.1 Å². The first-order valence-corrected chi connectivity index (χ1v) is 11.0. The lowest BCUT2D eigenvalue weighted by Crippen LogP contribution is -2.40. The number of halogens is 1. The van der Waals surface area contributed by atoms with Crippen molar-refractivity contribution in [3.63, 3.8) is 0 Å². The van der Waals surface area contributed by atoms with Crippen molar-refractivity contribution in [2.45, 2.75) is 18.7 Å². The second-order valence-electron chi connectivity index (χ2n) is 6.72. The van der Waals surface area contributed by atoms with Crippen molar-refractivity contribution in [1.82, 2.24) is 4.31 Å². The molecule has 1 aliphatic heterocycles. The number of carbonyl (C=O) groups is 1. The predicted octanol–water partition coefficient (Wildman–Crippen LogP) is 3.00. The van der Waals surface area contributed by atoms with E-state index in [-0.39, 0.29) is 35.3 Å². The van der Waals surface area contributed by atoms with Crippen LogP contribution in [0.5, 0.6) is 5.75 Å². The molecule has 3 rings (SSSR count). The fraction of sp³-hybridized carbons (Fsp3) is 0.350. The summed E-state index contributed by atoms with van der Waals surface area (Å²) >= 11 is 6.16. The Balaban J connectivity index is 1.72. The van der Waals surface area contributed by atoms with Gasteiger partial charge in [0.15, 0.2) is 6.61 Å². The molecule has 0 atom stereocenters. The number of anilines is 1. The molecule has 0 aromatic heterocycles. The van der Waals surface area contributed by atoms with Crippen LogP contribution in [-0.2, 0) is 19.6 Å². The molecule has 0 saturated carbocycles. The van der Waals surface area contributed by atoms with E-state index in [4.69, 9.17) is 21.1 Å². The first-order chi connectivity index (χ1) is 13.8. The molecule has 1 saturated heterocycles. The lowest BCUT2D eigenvalue weighted by atomic mass is 10.1. The van der Waals surface area contributed by atoms with Crippen molar-refractivity contribution < 1.29 is 22.7 Å². The fourth-order valence-electron chi connectivity index (χ4n) is 3.05. The Labute approximate surface area is 175 Å². The fourth-order valence-corrected chi connectivity index (χ4v) is 4.65. The summed E-state index contributed by atoms with van der Waals surface area (Å²) in [4.78, 5) is 12.4. The highest BCUT2D eigenvalue weighted by Gasteiger charge is 2.27. The maximum Gasteiger partial charge on any atom is 0.262 e. The molecule has 1 fully saturated rings. The Bertz CT molecular complexity index is 984. The number of benzene rings is 2. The predicted molar refractivity (Wildman–Crippen MR) is 111 cm³/mol. The summed E-state index contributed by atoms with van der Waals surface area (Å²) in [6, 6.07) is 9.96. The van der Waals surface area contributed by atoms with Gasteiger partial charge >= 0.3 is 0 Å². The van der Waals surface area contributed by atoms with Crippen LogP contribution in [0.4, 0.5) is 5.69 Å². The van der Waals surface area contributed by atoms with E-state index in [0.29, 0.717) is 19.0 Å². The van der Waals surface area contributed by atoms with Gasteiger partial charge in [-0.3, -0.25) is 4.79 Å². The van der Waals surface area contributed by atoms with Crippen molar-refractivity contribution >= 4 is 33.2 Å². The zero-order valence-electron chi connectivity index (χ0n) is 16.3. The number of para-hydroxylation sites is 1. The normalized spacial score (nSPS) is 15.1. The van der Waals surface area contributed by atoms with E-state index < -0.39 is 15.9 Å². The molecule has 0 spiro atoms. The molecule has 9 heteroatoms. The third-order valence-corrected chi connectivity index (χ3v) is 6.80. The average Bonchev–Trinajstić information content (AvgIpc) is 2.70. The van der Waals surface area contributed by atoms with Crippen molar-refractivity contribution in [1.29, 1.82) is 0 Å². The molecular weight excluding hydrogens is 416 g/mol. The molecule has 0 bridgehead atoms. The minimum absolute atomic E-state index is 0.0646. The molecule has 2 aromatic rings. The van der Waals surface area contributed by atoms with E-state index >= 15 is 0 Å². The lowest BCUT2D eigenvalue weighted by Gasteiger charge is -2.26. The minimum atomic E-state index is -3.69. The molecule has 29 heavy (non-hydrogen) atoms. The minimum Gasteiger partial charge on any atom is -0.483 e. The third-order valence-electron chi connectivity index (χ3n) is 4.58. The van der Waals surface area contributed by atoms with Crippen LogP contribution in [-0.4, -0.2) is 51.5 Å². The zero-order valence-corrected chi connectivity index (χ0v) is 17.8. The molecule has 7 nitrogen and oxygen atoms in total. The Hall–Kier alpha value is -2.13. The first kappa shape index (κ1) is 21.6. The maximum atomic E-state index is 12.8. The van der Waals surface area contributed by atoms with Crippen molar-refractivity contribution in [3.05, 3.63) is 52.5 Å². The van der Waals surface area contributed by atoms with Crippen LogP contribution in [0.2, 0.25) is 5.02 Å². The number of nitrogens with zero attached hydrogens (tertiary/aromatic N) is 1. The molecule has 0 unspecified atom stereocenters. The number of nitrogens with one attached hydrogen (secondary N) is 1. The van der Waals surface area contributed by atoms with Crippen molar-refractivity contribution in [3.8, 4) is 5.75 Å². The molecule has 156 valence electrons. The number of hydrogen-bond acceptors (Lipinski definition) is 5. The Morgan fingerprint density at radius 2 is 1.83 bits per heavy atom. The van der Waals surface area contributed by atoms with Crippen LogP contribution < -0.4 is 10.1 Å². The number of aryl methyl sites for hydroxylation is 2. The SMILES string of the molecule is Cc1cccc(C)c1OCC(=O)Nc1cc(S(=O)(=O)N2CCOCC2)ccc1Cl. The maximum absolute atomic E-state index is 12.8. The quantitative estimate of drug-likeness (QED) is 0.749. The number of sulfonamides is 1. The first-order valence-electron chi connectivity index (χ1n) is 9.15. The smallest absolute Gasteiger partial charge is 0.262 e. The topological polar surface area (TPSA) is 84.9 Å². The van der Waals surface area contributed by atoms with Gasteiger partial charge in [0.1, 0.15) is 5.75 Å². The third kappa shape index (κ3) is 5.08.